The number of hydrazone groups is 1. The van der Waals surface area contributed by atoms with E-state index in [-0.39, 0.29) is 82.0 Å². The number of halogens is 1. The van der Waals surface area contributed by atoms with Crippen LogP contribution in [0.5, 0.6) is 0 Å². The molecule has 1 N–H and O–H groups in total. The number of anilines is 1. The number of carbonyl (C=O) groups excluding carboxylic acids is 3. The van der Waals surface area contributed by atoms with E-state index in [1.165, 1.54) is 41.5 Å². The molecule has 3 aliphatic heterocycles. The normalized spacial score (nSPS) is 22.1. The van der Waals surface area contributed by atoms with Crippen LogP contribution in [0.15, 0.2) is 38.8 Å². The van der Waals surface area contributed by atoms with Crippen LogP contribution in [0.25, 0.3) is 10.9 Å². The molecule has 3 fully saturated rings. The molecule has 1 aromatic heterocycles. The standard InChI is InChI=1S/C27H28FN5O7S2.2Na/c1-13(34)21-24(36)33-22(27(39)40)20(42-25(21)33)11-41-12-29-31-6-4-30(5-7-31)19-9-18-15(8-17(19)28)23(35)16(26(37)38)10-32(18)14-2-3-14;;/h8-10,12-14,21,25,34H,2-7,11H2,1H3,(H,37,38)(H,39,40);;/q;2*+1/p-2/t13-,21-,25-;;/m1../s1. The summed E-state index contributed by atoms with van der Waals surface area (Å²) in [6.45, 7) is 3.37. The molecule has 1 aliphatic carbocycles. The fourth-order valence-corrected chi connectivity index (χ4v) is 8.04. The Balaban J connectivity index is 0.00000221. The second-order valence-electron chi connectivity index (χ2n) is 10.6. The molecule has 17 heteroatoms. The third kappa shape index (κ3) is 6.49. The van der Waals surface area contributed by atoms with Crippen LogP contribution in [0.1, 0.15) is 36.2 Å². The number of hydrogen-bond acceptors (Lipinski definition) is 12. The van der Waals surface area contributed by atoms with Crippen LogP contribution in [0.4, 0.5) is 10.1 Å². The summed E-state index contributed by atoms with van der Waals surface area (Å²) in [6, 6.07) is 2.77. The van der Waals surface area contributed by atoms with Crippen molar-refractivity contribution in [1.82, 2.24) is 14.5 Å². The topological polar surface area (TPSA) is 162 Å². The Bertz CT molecular complexity index is 1630. The molecule has 1 saturated carbocycles. The van der Waals surface area contributed by atoms with E-state index in [4.69, 9.17) is 0 Å². The van der Waals surface area contributed by atoms with E-state index < -0.39 is 52.1 Å². The number of aromatic carboxylic acids is 1. The van der Waals surface area contributed by atoms with Crippen LogP contribution in [0.2, 0.25) is 0 Å². The smallest absolute Gasteiger partial charge is 0.545 e. The van der Waals surface area contributed by atoms with Gasteiger partial charge in [-0.05, 0) is 31.9 Å². The number of aromatic nitrogens is 1. The van der Waals surface area contributed by atoms with Crippen molar-refractivity contribution in [3.63, 3.8) is 0 Å². The second kappa shape index (κ2) is 14.1. The number of fused-ring (bicyclic) bond motifs is 2. The number of β-lactam (4-membered cyclic amide) rings is 1. The maximum absolute atomic E-state index is 15.2. The quantitative estimate of drug-likeness (QED) is 0.118. The number of piperazine rings is 1. The fraction of sp³-hybridized carbons (Fsp3) is 0.444. The van der Waals surface area contributed by atoms with Crippen molar-refractivity contribution in [1.29, 1.82) is 0 Å². The molecule has 2 aromatic rings. The molecule has 2 saturated heterocycles. The number of pyridine rings is 1. The van der Waals surface area contributed by atoms with E-state index in [1.54, 1.807) is 16.2 Å². The first-order valence-electron chi connectivity index (χ1n) is 13.4. The SMILES string of the molecule is C[C@@H](O)[C@@H]1C(=O)N2C(C(=O)[O-])=C(CSC=NN3CCN(c4cc5c(cc4F)c(=O)c(C(=O)[O-])cn5C4CC4)CC3)S[C@H]12.[Na+].[Na+]. The van der Waals surface area contributed by atoms with Gasteiger partial charge in [-0.1, -0.05) is 0 Å². The zero-order chi connectivity index (χ0) is 29.9. The van der Waals surface area contributed by atoms with Gasteiger partial charge >= 0.3 is 59.1 Å². The molecule has 44 heavy (non-hydrogen) atoms. The number of aliphatic hydroxyl groups is 1. The van der Waals surface area contributed by atoms with Crippen LogP contribution >= 0.6 is 23.5 Å². The first-order chi connectivity index (χ1) is 20.1. The molecular formula is C27H26FN5Na2O7S2. The van der Waals surface area contributed by atoms with Crippen molar-refractivity contribution in [3.8, 4) is 0 Å². The number of aliphatic hydroxyl groups excluding tert-OH is 1. The minimum Gasteiger partial charge on any atom is -0.545 e. The number of thioether (sulfide) groups is 2. The molecular weight excluding hydrogens is 635 g/mol. The van der Waals surface area contributed by atoms with E-state index in [9.17, 15) is 34.5 Å². The van der Waals surface area contributed by atoms with E-state index in [2.05, 4.69) is 5.10 Å². The number of carboxylic acids is 2. The van der Waals surface area contributed by atoms with Crippen molar-refractivity contribution in [2.24, 2.45) is 11.0 Å². The van der Waals surface area contributed by atoms with Gasteiger partial charge in [-0.25, -0.2) is 4.39 Å². The number of carbonyl (C=O) groups is 3. The number of hydrogen-bond donors (Lipinski definition) is 1. The average Bonchev–Trinajstić information content (AvgIpc) is 3.73. The van der Waals surface area contributed by atoms with Gasteiger partial charge < -0.3 is 34.4 Å². The summed E-state index contributed by atoms with van der Waals surface area (Å²) in [7, 11) is 0. The van der Waals surface area contributed by atoms with Gasteiger partial charge in [0, 0.05) is 41.4 Å². The van der Waals surface area contributed by atoms with Crippen LogP contribution in [-0.4, -0.2) is 86.4 Å². The minimum atomic E-state index is -1.58. The molecule has 0 unspecified atom stereocenters. The number of amides is 1. The summed E-state index contributed by atoms with van der Waals surface area (Å²) in [5, 5.41) is 38.8. The Kier molecular flexibility index (Phi) is 11.3. The molecule has 0 spiro atoms. The Labute approximate surface area is 304 Å². The van der Waals surface area contributed by atoms with Gasteiger partial charge in [0.05, 0.1) is 65.1 Å². The summed E-state index contributed by atoms with van der Waals surface area (Å²) in [5.41, 5.74) is 1.02. The van der Waals surface area contributed by atoms with Crippen LogP contribution in [-0.2, 0) is 9.59 Å². The Morgan fingerprint density at radius 2 is 1.84 bits per heavy atom. The Hall–Kier alpha value is -1.56. The van der Waals surface area contributed by atoms with Gasteiger partial charge in [-0.15, -0.1) is 23.5 Å². The Morgan fingerprint density at radius 3 is 2.43 bits per heavy atom. The molecule has 6 rings (SSSR count). The monoisotopic (exact) mass is 661 g/mol. The van der Waals surface area contributed by atoms with Gasteiger partial charge in [0.1, 0.15) is 11.2 Å². The van der Waals surface area contributed by atoms with Crippen molar-refractivity contribution in [2.75, 3.05) is 36.8 Å². The fourth-order valence-electron chi connectivity index (χ4n) is 5.61. The second-order valence-corrected chi connectivity index (χ2v) is 12.7. The van der Waals surface area contributed by atoms with Crippen LogP contribution in [0, 0.1) is 11.7 Å². The van der Waals surface area contributed by atoms with Gasteiger partial charge in [0.25, 0.3) is 0 Å². The number of aliphatic carboxylic acids is 1. The maximum atomic E-state index is 15.2. The summed E-state index contributed by atoms with van der Waals surface area (Å²) < 4.78 is 16.9. The molecule has 4 heterocycles. The van der Waals surface area contributed by atoms with Crippen molar-refractivity contribution < 1.29 is 93.2 Å². The van der Waals surface area contributed by atoms with Gasteiger partial charge in [-0.2, -0.15) is 5.10 Å². The molecule has 1 aromatic carbocycles. The maximum Gasteiger partial charge on any atom is 1.00 e. The van der Waals surface area contributed by atoms with Crippen molar-refractivity contribution in [3.05, 3.63) is 50.5 Å². The molecule has 1 amide bonds. The van der Waals surface area contributed by atoms with E-state index in [0.717, 1.165) is 18.9 Å². The number of rotatable bonds is 9. The zero-order valence-corrected chi connectivity index (χ0v) is 30.0. The van der Waals surface area contributed by atoms with Gasteiger partial charge in [0.15, 0.2) is 5.43 Å². The van der Waals surface area contributed by atoms with E-state index in [0.29, 0.717) is 42.3 Å². The zero-order valence-electron chi connectivity index (χ0n) is 24.4. The van der Waals surface area contributed by atoms with E-state index in [1.807, 2.05) is 9.91 Å². The average molecular weight is 662 g/mol. The number of carboxylic acid groups (broad SMARTS) is 2. The Morgan fingerprint density at radius 1 is 1.16 bits per heavy atom. The first-order valence-corrected chi connectivity index (χ1v) is 15.4. The predicted octanol–water partition coefficient (Wildman–Crippen LogP) is -6.48. The molecule has 0 radical (unpaired) electrons. The van der Waals surface area contributed by atoms with Crippen molar-refractivity contribution in [2.45, 2.75) is 37.3 Å². The van der Waals surface area contributed by atoms with Crippen molar-refractivity contribution >= 4 is 63.5 Å². The molecule has 222 valence electrons. The largest absolute Gasteiger partial charge is 1.00 e. The third-order valence-corrected chi connectivity index (χ3v) is 10.2. The summed E-state index contributed by atoms with van der Waals surface area (Å²) in [4.78, 5) is 51.7. The van der Waals surface area contributed by atoms with Gasteiger partial charge in [-0.3, -0.25) is 19.5 Å². The molecule has 3 atom stereocenters. The van der Waals surface area contributed by atoms with Crippen LogP contribution < -0.4 is 79.7 Å². The number of nitrogens with zero attached hydrogens (tertiary/aromatic N) is 5. The summed E-state index contributed by atoms with van der Waals surface area (Å²) >= 11 is 2.51. The summed E-state index contributed by atoms with van der Waals surface area (Å²) in [6.07, 6.45) is 2.10. The first kappa shape index (κ1) is 35.3. The number of benzene rings is 1. The summed E-state index contributed by atoms with van der Waals surface area (Å²) in [5.74, 6) is -4.43. The predicted molar refractivity (Wildman–Crippen MR) is 151 cm³/mol. The molecule has 0 bridgehead atoms. The molecule has 12 nitrogen and oxygen atoms in total. The minimum absolute atomic E-state index is 0. The molecule has 4 aliphatic rings. The van der Waals surface area contributed by atoms with E-state index >= 15 is 4.39 Å². The van der Waals surface area contributed by atoms with Crippen LogP contribution in [0.3, 0.4) is 0 Å². The third-order valence-electron chi connectivity index (χ3n) is 7.92. The van der Waals surface area contributed by atoms with Gasteiger partial charge in [0.2, 0.25) is 5.91 Å².